The summed E-state index contributed by atoms with van der Waals surface area (Å²) < 4.78 is 10.2. The first-order valence-corrected chi connectivity index (χ1v) is 9.44. The number of Topliss-reactive ketones (excluding diaryl/α,β-unsaturated/α-hetero) is 1. The molecule has 0 fully saturated rings. The van der Waals surface area contributed by atoms with Gasteiger partial charge in [0.2, 0.25) is 0 Å². The molecule has 4 nitrogen and oxygen atoms in total. The van der Waals surface area contributed by atoms with Crippen molar-refractivity contribution in [3.8, 4) is 22.6 Å². The van der Waals surface area contributed by atoms with Crippen molar-refractivity contribution in [1.29, 1.82) is 0 Å². The third kappa shape index (κ3) is 4.91. The van der Waals surface area contributed by atoms with Crippen molar-refractivity contribution in [3.05, 3.63) is 83.4 Å². The van der Waals surface area contributed by atoms with E-state index in [9.17, 15) is 9.59 Å². The van der Waals surface area contributed by atoms with Crippen molar-refractivity contribution in [1.82, 2.24) is 0 Å². The molecule has 2 aromatic rings. The van der Waals surface area contributed by atoms with Crippen LogP contribution in [0, 0.1) is 6.92 Å². The molecular formula is C25H24O4. The first-order valence-electron chi connectivity index (χ1n) is 9.44. The van der Waals surface area contributed by atoms with Gasteiger partial charge in [-0.25, -0.2) is 0 Å². The SMILES string of the molecule is COc1ccc(C(=O)C(CC=O)c2ccc(OC)cc2)cc1.Cc1ccc2cc1-2. The highest BCUT2D eigenvalue weighted by Gasteiger charge is 2.22. The Morgan fingerprint density at radius 3 is 1.86 bits per heavy atom. The number of hydrogen-bond donors (Lipinski definition) is 0. The van der Waals surface area contributed by atoms with Crippen molar-refractivity contribution >= 4 is 12.1 Å². The summed E-state index contributed by atoms with van der Waals surface area (Å²) in [4.78, 5) is 23.6. The summed E-state index contributed by atoms with van der Waals surface area (Å²) >= 11 is 0. The second kappa shape index (κ2) is 9.20. The fourth-order valence-electron chi connectivity index (χ4n) is 3.19. The summed E-state index contributed by atoms with van der Waals surface area (Å²) in [5.41, 5.74) is 5.70. The number of methoxy groups -OCH3 is 2. The zero-order chi connectivity index (χ0) is 20.8. The molecule has 1 atom stereocenters. The number of rotatable bonds is 7. The molecule has 4 heteroatoms. The van der Waals surface area contributed by atoms with E-state index in [2.05, 4.69) is 25.1 Å². The van der Waals surface area contributed by atoms with Gasteiger partial charge in [0, 0.05) is 12.0 Å². The lowest BCUT2D eigenvalue weighted by atomic mass is 9.88. The van der Waals surface area contributed by atoms with Crippen LogP contribution in [0.2, 0.25) is 0 Å². The van der Waals surface area contributed by atoms with Gasteiger partial charge < -0.3 is 14.3 Å². The van der Waals surface area contributed by atoms with E-state index in [1.165, 1.54) is 16.7 Å². The maximum atomic E-state index is 12.7. The topological polar surface area (TPSA) is 52.6 Å². The quantitative estimate of drug-likeness (QED) is 0.321. The van der Waals surface area contributed by atoms with Crippen molar-refractivity contribution in [3.63, 3.8) is 0 Å². The Bertz CT molecular complexity index is 988. The summed E-state index contributed by atoms with van der Waals surface area (Å²) in [5, 5.41) is 0. The Balaban J connectivity index is 0.000000283. The van der Waals surface area contributed by atoms with Gasteiger partial charge in [-0.05, 0) is 71.6 Å². The first-order chi connectivity index (χ1) is 14.1. The van der Waals surface area contributed by atoms with E-state index in [-0.39, 0.29) is 12.2 Å². The molecule has 1 unspecified atom stereocenters. The Kier molecular flexibility index (Phi) is 6.45. The summed E-state index contributed by atoms with van der Waals surface area (Å²) in [6.07, 6.45) is 0.924. The number of hydrogen-bond acceptors (Lipinski definition) is 4. The molecule has 0 saturated carbocycles. The van der Waals surface area contributed by atoms with Crippen LogP contribution in [0.25, 0.3) is 11.1 Å². The number of benzene rings is 3. The van der Waals surface area contributed by atoms with Gasteiger partial charge >= 0.3 is 0 Å². The molecule has 148 valence electrons. The number of carbonyl (C=O) groups excluding carboxylic acids is 2. The van der Waals surface area contributed by atoms with Gasteiger partial charge in [0.25, 0.3) is 0 Å². The van der Waals surface area contributed by atoms with Crippen LogP contribution < -0.4 is 9.47 Å². The maximum absolute atomic E-state index is 12.7. The van der Waals surface area contributed by atoms with Crippen molar-refractivity contribution < 1.29 is 19.1 Å². The molecule has 0 aromatic heterocycles. The molecule has 0 saturated heterocycles. The molecule has 0 N–H and O–H groups in total. The second-order valence-electron chi connectivity index (χ2n) is 6.85. The van der Waals surface area contributed by atoms with Gasteiger partial charge in [0.05, 0.1) is 20.1 Å². The Labute approximate surface area is 171 Å². The lowest BCUT2D eigenvalue weighted by Gasteiger charge is -2.14. The molecule has 4 rings (SSSR count). The van der Waals surface area contributed by atoms with Gasteiger partial charge in [-0.2, -0.15) is 0 Å². The normalized spacial score (nSPS) is 11.6. The van der Waals surface area contributed by atoms with Crippen LogP contribution in [-0.4, -0.2) is 26.3 Å². The van der Waals surface area contributed by atoms with Crippen molar-refractivity contribution in [2.45, 2.75) is 19.3 Å². The summed E-state index contributed by atoms with van der Waals surface area (Å²) in [6.45, 7) is 2.14. The van der Waals surface area contributed by atoms with Crippen LogP contribution in [0.5, 0.6) is 11.5 Å². The number of fused-ring (bicyclic) bond motifs is 1. The van der Waals surface area contributed by atoms with Crippen LogP contribution in [-0.2, 0) is 4.79 Å². The lowest BCUT2D eigenvalue weighted by molar-refractivity contribution is -0.108. The Morgan fingerprint density at radius 2 is 1.48 bits per heavy atom. The molecule has 0 aliphatic heterocycles. The fraction of sp³-hybridized carbons (Fsp3) is 0.200. The number of ether oxygens (including phenoxy) is 2. The molecule has 0 heterocycles. The van der Waals surface area contributed by atoms with Crippen LogP contribution >= 0.6 is 0 Å². The van der Waals surface area contributed by atoms with Crippen LogP contribution in [0.1, 0.15) is 33.8 Å². The zero-order valence-corrected chi connectivity index (χ0v) is 16.8. The summed E-state index contributed by atoms with van der Waals surface area (Å²) in [5.74, 6) is 0.829. The average Bonchev–Trinajstić information content (AvgIpc) is 3.48. The molecule has 2 aliphatic carbocycles. The smallest absolute Gasteiger partial charge is 0.170 e. The first kappa shape index (κ1) is 20.3. The predicted octanol–water partition coefficient (Wildman–Crippen LogP) is 5.23. The number of aldehydes is 1. The average molecular weight is 388 g/mol. The molecule has 0 spiro atoms. The van der Waals surface area contributed by atoms with Gasteiger partial charge in [0.15, 0.2) is 5.78 Å². The molecule has 0 radical (unpaired) electrons. The van der Waals surface area contributed by atoms with Crippen molar-refractivity contribution in [2.75, 3.05) is 14.2 Å². The molecule has 29 heavy (non-hydrogen) atoms. The van der Waals surface area contributed by atoms with Crippen LogP contribution in [0.4, 0.5) is 0 Å². The van der Waals surface area contributed by atoms with Gasteiger partial charge in [0.1, 0.15) is 17.8 Å². The molecule has 2 aliphatic rings. The minimum Gasteiger partial charge on any atom is -0.497 e. The maximum Gasteiger partial charge on any atom is 0.170 e. The number of ketones is 1. The predicted molar refractivity (Wildman–Crippen MR) is 114 cm³/mol. The van der Waals surface area contributed by atoms with E-state index >= 15 is 0 Å². The summed E-state index contributed by atoms with van der Waals surface area (Å²) in [6, 6.07) is 20.6. The monoisotopic (exact) mass is 388 g/mol. The van der Waals surface area contributed by atoms with E-state index in [1.807, 2.05) is 12.1 Å². The Hall–Kier alpha value is -3.40. The van der Waals surface area contributed by atoms with E-state index in [4.69, 9.17) is 9.47 Å². The highest BCUT2D eigenvalue weighted by atomic mass is 16.5. The van der Waals surface area contributed by atoms with Gasteiger partial charge in [-0.1, -0.05) is 24.3 Å². The third-order valence-electron chi connectivity index (χ3n) is 5.01. The number of aryl methyl sites for hydroxylation is 1. The molecule has 2 aromatic carbocycles. The van der Waals surface area contributed by atoms with Crippen LogP contribution in [0.15, 0.2) is 66.7 Å². The highest BCUT2D eigenvalue weighted by Crippen LogP contribution is 2.37. The zero-order valence-electron chi connectivity index (χ0n) is 16.8. The van der Waals surface area contributed by atoms with Crippen molar-refractivity contribution in [2.24, 2.45) is 0 Å². The number of carbonyl (C=O) groups is 2. The van der Waals surface area contributed by atoms with Gasteiger partial charge in [-0.15, -0.1) is 0 Å². The van der Waals surface area contributed by atoms with E-state index in [0.717, 1.165) is 11.8 Å². The highest BCUT2D eigenvalue weighted by molar-refractivity contribution is 6.02. The standard InChI is InChI=1S/C18H18O4.C7H6/c1-21-15-7-3-13(4-8-15)17(11-12-19)18(20)14-5-9-16(22-2)10-6-14;1-5-2-3-6-4-7(5)6/h3-10,12,17H,11H2,1-2H3;2-4H,1H3. The molecular weight excluding hydrogens is 364 g/mol. The largest absolute Gasteiger partial charge is 0.497 e. The second-order valence-corrected chi connectivity index (χ2v) is 6.85. The van der Waals surface area contributed by atoms with Gasteiger partial charge in [-0.3, -0.25) is 4.79 Å². The van der Waals surface area contributed by atoms with E-state index in [1.54, 1.807) is 50.6 Å². The van der Waals surface area contributed by atoms with Crippen LogP contribution in [0.3, 0.4) is 0 Å². The molecule has 0 bridgehead atoms. The lowest BCUT2D eigenvalue weighted by Crippen LogP contribution is -2.13. The molecule has 0 amide bonds. The minimum absolute atomic E-state index is 0.0834. The minimum atomic E-state index is -0.489. The fourth-order valence-corrected chi connectivity index (χ4v) is 3.19. The van der Waals surface area contributed by atoms with E-state index < -0.39 is 5.92 Å². The van der Waals surface area contributed by atoms with E-state index in [0.29, 0.717) is 17.1 Å². The third-order valence-corrected chi connectivity index (χ3v) is 5.01. The Morgan fingerprint density at radius 1 is 0.897 bits per heavy atom. The summed E-state index contributed by atoms with van der Waals surface area (Å²) in [7, 11) is 3.16.